The molecule has 222 valence electrons. The first-order valence-corrected chi connectivity index (χ1v) is 16.5. The maximum atomic E-state index is 11.7. The Balaban J connectivity index is 2.28. The number of rotatable bonds is 15. The van der Waals surface area contributed by atoms with Gasteiger partial charge in [-0.1, -0.05) is 39.9 Å². The Hall–Kier alpha value is -3.06. The Morgan fingerprint density at radius 3 is 1.95 bits per heavy atom. The molecule has 2 aromatic carbocycles. The van der Waals surface area contributed by atoms with Gasteiger partial charge < -0.3 is 24.8 Å². The van der Waals surface area contributed by atoms with Crippen molar-refractivity contribution in [1.82, 2.24) is 0 Å². The molecule has 0 amide bonds. The molecule has 12 heteroatoms. The van der Waals surface area contributed by atoms with Crippen LogP contribution in [0.4, 0.5) is 11.4 Å². The number of benzene rings is 2. The van der Waals surface area contributed by atoms with E-state index in [1.807, 2.05) is 0 Å². The largest absolute Gasteiger partial charge is 0.494 e. The van der Waals surface area contributed by atoms with Gasteiger partial charge in [-0.25, -0.2) is 0 Å². The Kier molecular flexibility index (Phi) is 11.2. The fraction of sp³-hybridized carbons (Fsp3) is 0.571. The maximum absolute atomic E-state index is 11.7. The van der Waals surface area contributed by atoms with Crippen molar-refractivity contribution in [2.45, 2.75) is 82.8 Å². The van der Waals surface area contributed by atoms with Crippen LogP contribution in [0.15, 0.2) is 36.4 Å². The Labute approximate surface area is 236 Å². The fourth-order valence-electron chi connectivity index (χ4n) is 4.18. The molecule has 0 saturated carbocycles. The molecule has 2 rings (SSSR count). The Morgan fingerprint density at radius 2 is 1.43 bits per heavy atom. The zero-order valence-electron chi connectivity index (χ0n) is 24.2. The van der Waals surface area contributed by atoms with Crippen molar-refractivity contribution >= 4 is 19.4 Å². The Bertz CT molecular complexity index is 1180. The van der Waals surface area contributed by atoms with Gasteiger partial charge in [-0.3, -0.25) is 20.2 Å². The minimum Gasteiger partial charge on any atom is -0.494 e. The van der Waals surface area contributed by atoms with Gasteiger partial charge >= 0.3 is 0 Å². The highest BCUT2D eigenvalue weighted by atomic mass is 28.3. The lowest BCUT2D eigenvalue weighted by Crippen LogP contribution is -2.37. The van der Waals surface area contributed by atoms with Crippen LogP contribution in [0.3, 0.4) is 0 Å². The molecule has 0 saturated heterocycles. The highest BCUT2D eigenvalue weighted by molar-refractivity contribution is 6.80. The van der Waals surface area contributed by atoms with Gasteiger partial charge in [0.15, 0.2) is 0 Å². The summed E-state index contributed by atoms with van der Waals surface area (Å²) in [5.41, 5.74) is -2.87. The van der Waals surface area contributed by atoms with Crippen LogP contribution < -0.4 is 9.47 Å². The number of hydrogen-bond donors (Lipinski definition) is 3. The molecular weight excluding hydrogens is 536 g/mol. The number of hydrogen-bond acceptors (Lipinski definition) is 9. The molecule has 0 fully saturated rings. The van der Waals surface area contributed by atoms with Gasteiger partial charge in [0.25, 0.3) is 11.4 Å². The molecule has 3 N–H and O–H groups in total. The fourth-order valence-corrected chi connectivity index (χ4v) is 5.96. The zero-order valence-corrected chi connectivity index (χ0v) is 25.2. The van der Waals surface area contributed by atoms with Crippen molar-refractivity contribution < 1.29 is 34.6 Å². The second kappa shape index (κ2) is 13.5. The van der Waals surface area contributed by atoms with Gasteiger partial charge in [0, 0.05) is 31.6 Å². The van der Waals surface area contributed by atoms with E-state index in [0.717, 1.165) is 12.5 Å². The molecule has 2 aromatic rings. The van der Waals surface area contributed by atoms with Crippen molar-refractivity contribution in [1.29, 1.82) is 0 Å². The molecule has 40 heavy (non-hydrogen) atoms. The number of aliphatic hydroxyl groups is 3. The van der Waals surface area contributed by atoms with E-state index in [1.165, 1.54) is 43.3 Å². The lowest BCUT2D eigenvalue weighted by Gasteiger charge is -2.37. The highest BCUT2D eigenvalue weighted by Gasteiger charge is 2.36. The third-order valence-electron chi connectivity index (χ3n) is 7.71. The van der Waals surface area contributed by atoms with Gasteiger partial charge in [-0.2, -0.15) is 0 Å². The molecule has 0 bridgehead atoms. The van der Waals surface area contributed by atoms with E-state index >= 15 is 0 Å². The van der Waals surface area contributed by atoms with Gasteiger partial charge in [-0.15, -0.1) is 0 Å². The van der Waals surface area contributed by atoms with Crippen molar-refractivity contribution in [3.8, 4) is 11.5 Å². The molecule has 0 radical (unpaired) electrons. The summed E-state index contributed by atoms with van der Waals surface area (Å²) in [5.74, 6) is 0.586. The van der Waals surface area contributed by atoms with E-state index in [1.54, 1.807) is 0 Å². The average molecular weight is 579 g/mol. The van der Waals surface area contributed by atoms with E-state index in [-0.39, 0.29) is 46.5 Å². The van der Waals surface area contributed by atoms with Crippen LogP contribution in [0.5, 0.6) is 11.5 Å². The van der Waals surface area contributed by atoms with Crippen molar-refractivity contribution in [3.05, 3.63) is 67.8 Å². The average Bonchev–Trinajstić information content (AvgIpc) is 2.85. The molecular formula is C28H42N2O9Si. The van der Waals surface area contributed by atoms with Gasteiger partial charge in [0.2, 0.25) is 0 Å². The third kappa shape index (κ3) is 8.72. The zero-order chi connectivity index (χ0) is 30.3. The third-order valence-corrected chi connectivity index (χ3v) is 13.4. The normalized spacial score (nSPS) is 14.3. The molecule has 11 nitrogen and oxygen atoms in total. The number of nitro groups is 2. The summed E-state index contributed by atoms with van der Waals surface area (Å²) < 4.78 is 11.4. The predicted octanol–water partition coefficient (Wildman–Crippen LogP) is 5.87. The maximum Gasteiger partial charge on any atom is 0.275 e. The van der Waals surface area contributed by atoms with E-state index in [2.05, 4.69) is 33.9 Å². The predicted molar refractivity (Wildman–Crippen MR) is 155 cm³/mol. The first kappa shape index (κ1) is 33.1. The molecule has 0 aliphatic heterocycles. The van der Waals surface area contributed by atoms with Gasteiger partial charge in [0.05, 0.1) is 54.0 Å². The minimum atomic E-state index is -1.95. The molecule has 2 atom stereocenters. The quantitative estimate of drug-likeness (QED) is 0.101. The van der Waals surface area contributed by atoms with Gasteiger partial charge in [-0.05, 0) is 42.6 Å². The van der Waals surface area contributed by atoms with Crippen LogP contribution in [0.25, 0.3) is 0 Å². The number of nitro benzene ring substituents is 2. The van der Waals surface area contributed by atoms with Crippen LogP contribution >= 0.6 is 0 Å². The highest BCUT2D eigenvalue weighted by Crippen LogP contribution is 2.41. The lowest BCUT2D eigenvalue weighted by atomic mass is 9.86. The van der Waals surface area contributed by atoms with E-state index in [0.29, 0.717) is 18.8 Å². The first-order valence-electron chi connectivity index (χ1n) is 13.3. The number of nitrogens with zero attached hydrogens (tertiary/aromatic N) is 2. The van der Waals surface area contributed by atoms with Crippen molar-refractivity contribution in [2.24, 2.45) is 0 Å². The SMILES string of the molecule is CC(O)(CC(O)c1cc(OCCC[Si](C)(C)C(C)(C)C)ccc1[N+](=O)[O-])c1cc(OCCCO)ccc1[N+](=O)[O-]. The number of ether oxygens (including phenoxy) is 2. The molecule has 2 unspecified atom stereocenters. The van der Waals surface area contributed by atoms with Crippen LogP contribution in [0.2, 0.25) is 24.2 Å². The van der Waals surface area contributed by atoms with Crippen molar-refractivity contribution in [2.75, 3.05) is 19.8 Å². The standard InChI is InChI=1S/C28H42N2O9Si/c1-27(2,3)40(5,6)16-8-15-39-20-9-11-24(29(34)35)22(17-20)26(32)19-28(4,33)23-18-21(38-14-7-13-31)10-12-25(23)30(36)37/h9-12,17-18,26,31-33H,7-8,13-16,19H2,1-6H3. The summed E-state index contributed by atoms with van der Waals surface area (Å²) in [6, 6.07) is 9.01. The monoisotopic (exact) mass is 578 g/mol. The summed E-state index contributed by atoms with van der Waals surface area (Å²) >= 11 is 0. The lowest BCUT2D eigenvalue weighted by molar-refractivity contribution is -0.386. The first-order chi connectivity index (χ1) is 18.5. The Morgan fingerprint density at radius 1 is 0.900 bits per heavy atom. The smallest absolute Gasteiger partial charge is 0.275 e. The topological polar surface area (TPSA) is 165 Å². The van der Waals surface area contributed by atoms with Crippen LogP contribution in [-0.2, 0) is 5.60 Å². The van der Waals surface area contributed by atoms with E-state index < -0.39 is 36.0 Å². The molecule has 0 aliphatic carbocycles. The van der Waals surface area contributed by atoms with Gasteiger partial charge in [0.1, 0.15) is 11.5 Å². The summed E-state index contributed by atoms with van der Waals surface area (Å²) in [7, 11) is -1.49. The van der Waals surface area contributed by atoms with Crippen LogP contribution in [0, 0.1) is 20.2 Å². The second-order valence-corrected chi connectivity index (χ2v) is 17.7. The second-order valence-electron chi connectivity index (χ2n) is 11.9. The minimum absolute atomic E-state index is 0.0647. The molecule has 0 heterocycles. The number of aliphatic hydroxyl groups excluding tert-OH is 2. The summed E-state index contributed by atoms with van der Waals surface area (Å²) in [4.78, 5) is 22.1. The van der Waals surface area contributed by atoms with E-state index in [9.17, 15) is 30.4 Å². The van der Waals surface area contributed by atoms with E-state index in [4.69, 9.17) is 14.6 Å². The van der Waals surface area contributed by atoms with Crippen LogP contribution in [0.1, 0.15) is 64.2 Å². The molecule has 0 aromatic heterocycles. The summed E-state index contributed by atoms with van der Waals surface area (Å²) in [6.45, 7) is 13.2. The van der Waals surface area contributed by atoms with Crippen molar-refractivity contribution in [3.63, 3.8) is 0 Å². The molecule has 0 aliphatic rings. The molecule has 0 spiro atoms. The van der Waals surface area contributed by atoms with Crippen LogP contribution in [-0.4, -0.2) is 53.1 Å². The summed E-state index contributed by atoms with van der Waals surface area (Å²) in [5, 5.41) is 55.0. The summed E-state index contributed by atoms with van der Waals surface area (Å²) in [6.07, 6.45) is -0.839.